The van der Waals surface area contributed by atoms with Crippen LogP contribution in [-0.4, -0.2) is 76.1 Å². The van der Waals surface area contributed by atoms with Gasteiger partial charge in [0.05, 0.1) is 11.3 Å². The molecule has 1 saturated heterocycles. The molecule has 1 amide bonds. The number of nitrogens with one attached hydrogen (secondary N) is 1. The fourth-order valence-corrected chi connectivity index (χ4v) is 4.37. The van der Waals surface area contributed by atoms with Gasteiger partial charge in [0.15, 0.2) is 12.1 Å². The zero-order valence-electron chi connectivity index (χ0n) is 17.1. The van der Waals surface area contributed by atoms with E-state index in [0.717, 1.165) is 12.1 Å². The summed E-state index contributed by atoms with van der Waals surface area (Å²) in [6, 6.07) is 0. The highest BCUT2D eigenvalue weighted by Crippen LogP contribution is 2.46. The number of likely N-dealkylation sites (tertiary alicyclic amines) is 1. The molecule has 0 aromatic heterocycles. The molecule has 0 aromatic carbocycles. The van der Waals surface area contributed by atoms with E-state index in [1.54, 1.807) is 9.80 Å². The molecule has 0 saturated carbocycles. The second-order valence-electron chi connectivity index (χ2n) is 8.96. The van der Waals surface area contributed by atoms with Crippen LogP contribution in [0.1, 0.15) is 54.4 Å². The first-order chi connectivity index (χ1) is 11.2. The topological polar surface area (TPSA) is 72.2 Å². The van der Waals surface area contributed by atoms with Gasteiger partial charge in [-0.1, -0.05) is 5.16 Å². The van der Waals surface area contributed by atoms with Crippen molar-refractivity contribution in [3.05, 3.63) is 0 Å². The Morgan fingerprint density at radius 3 is 2.32 bits per heavy atom. The van der Waals surface area contributed by atoms with E-state index in [9.17, 15) is 4.79 Å². The molecule has 7 nitrogen and oxygen atoms in total. The van der Waals surface area contributed by atoms with Crippen LogP contribution in [0.2, 0.25) is 0 Å². The smallest absolute Gasteiger partial charge is 0.249 e. The third kappa shape index (κ3) is 2.98. The van der Waals surface area contributed by atoms with Crippen LogP contribution in [0.4, 0.5) is 0 Å². The zero-order valence-corrected chi connectivity index (χ0v) is 17.1. The van der Waals surface area contributed by atoms with Gasteiger partial charge in [-0.05, 0) is 41.5 Å². The minimum absolute atomic E-state index is 0.0322. The summed E-state index contributed by atoms with van der Waals surface area (Å²) in [5, 5.41) is 12.4. The van der Waals surface area contributed by atoms with Gasteiger partial charge in [0.1, 0.15) is 5.54 Å². The maximum absolute atomic E-state index is 13.6. The predicted octanol–water partition coefficient (Wildman–Crippen LogP) is 2.13. The zero-order chi connectivity index (χ0) is 19.4. The Kier molecular flexibility index (Phi) is 4.60. The summed E-state index contributed by atoms with van der Waals surface area (Å²) in [4.78, 5) is 24.7. The van der Waals surface area contributed by atoms with Crippen LogP contribution in [0.3, 0.4) is 0 Å². The summed E-state index contributed by atoms with van der Waals surface area (Å²) in [7, 11) is 5.47. The van der Waals surface area contributed by atoms with Gasteiger partial charge in [-0.15, -0.1) is 0 Å². The normalized spacial score (nSPS) is 28.7. The van der Waals surface area contributed by atoms with Crippen molar-refractivity contribution in [3.63, 3.8) is 0 Å². The van der Waals surface area contributed by atoms with Crippen LogP contribution >= 0.6 is 0 Å². The molecule has 2 atom stereocenters. The van der Waals surface area contributed by atoms with E-state index in [-0.39, 0.29) is 17.6 Å². The van der Waals surface area contributed by atoms with Crippen molar-refractivity contribution in [3.8, 4) is 0 Å². The average Bonchev–Trinajstić information content (AvgIpc) is 2.98. The average molecular weight is 351 g/mol. The molecule has 142 valence electrons. The lowest BCUT2D eigenvalue weighted by Gasteiger charge is -2.46. The Labute approximate surface area is 151 Å². The predicted molar refractivity (Wildman–Crippen MR) is 99.8 cm³/mol. The Morgan fingerprint density at radius 2 is 1.88 bits per heavy atom. The van der Waals surface area contributed by atoms with Gasteiger partial charge in [0.25, 0.3) is 0 Å². The van der Waals surface area contributed by atoms with Gasteiger partial charge in [-0.2, -0.15) is 0 Å². The molecule has 7 heteroatoms. The number of amides is 1. The van der Waals surface area contributed by atoms with E-state index in [1.165, 1.54) is 0 Å². The van der Waals surface area contributed by atoms with Gasteiger partial charge >= 0.3 is 0 Å². The minimum atomic E-state index is -0.767. The third-order valence-corrected chi connectivity index (χ3v) is 5.71. The molecular formula is C18H33N5O2. The van der Waals surface area contributed by atoms with Gasteiger partial charge in [-0.3, -0.25) is 10.2 Å². The number of hydrogen-bond acceptors (Lipinski definition) is 4. The number of carbonyl (C=O) groups is 1. The molecule has 0 aliphatic carbocycles. The highest BCUT2D eigenvalue weighted by Gasteiger charge is 2.61. The van der Waals surface area contributed by atoms with Gasteiger partial charge in [-0.25, -0.2) is 0 Å². The van der Waals surface area contributed by atoms with E-state index in [1.807, 2.05) is 39.9 Å². The summed E-state index contributed by atoms with van der Waals surface area (Å²) in [5.41, 5.74) is -0.662. The Morgan fingerprint density at radius 1 is 1.32 bits per heavy atom. The Bertz CT molecular complexity index is 611. The highest BCUT2D eigenvalue weighted by atomic mass is 16.6. The van der Waals surface area contributed by atoms with Crippen LogP contribution in [0, 0.1) is 5.41 Å². The van der Waals surface area contributed by atoms with Crippen molar-refractivity contribution in [2.75, 3.05) is 21.1 Å². The first kappa shape index (κ1) is 19.5. The standard InChI is InChI=1S/C18H33N5O2/c1-12-10-13(25-20-12)17(4,5)23-14(24)18(6,11-16(23,2)3)22(9)15(19)21(7)8/h13,19H,10-11H2,1-9H3. The summed E-state index contributed by atoms with van der Waals surface area (Å²) >= 11 is 0. The summed E-state index contributed by atoms with van der Waals surface area (Å²) < 4.78 is 0. The second kappa shape index (κ2) is 5.88. The van der Waals surface area contributed by atoms with E-state index < -0.39 is 11.1 Å². The first-order valence-electron chi connectivity index (χ1n) is 8.79. The number of hydrogen-bond donors (Lipinski definition) is 1. The highest BCUT2D eigenvalue weighted by molar-refractivity contribution is 5.94. The molecule has 2 aliphatic heterocycles. The lowest BCUT2D eigenvalue weighted by molar-refractivity contribution is -0.149. The number of nitrogens with zero attached hydrogens (tertiary/aromatic N) is 4. The van der Waals surface area contributed by atoms with Crippen molar-refractivity contribution >= 4 is 17.6 Å². The molecule has 2 heterocycles. The molecule has 1 fully saturated rings. The van der Waals surface area contributed by atoms with Crippen molar-refractivity contribution in [2.24, 2.45) is 5.16 Å². The summed E-state index contributed by atoms with van der Waals surface area (Å²) in [6.07, 6.45) is 1.21. The Hall–Kier alpha value is -1.79. The fraction of sp³-hybridized carbons (Fsp3) is 0.833. The first-order valence-corrected chi connectivity index (χ1v) is 8.79. The van der Waals surface area contributed by atoms with Crippen LogP contribution in [0.5, 0.6) is 0 Å². The van der Waals surface area contributed by atoms with Crippen LogP contribution in [-0.2, 0) is 9.63 Å². The number of likely N-dealkylation sites (N-methyl/N-ethyl adjacent to an activating group) is 1. The maximum atomic E-state index is 13.6. The maximum Gasteiger partial charge on any atom is 0.249 e. The van der Waals surface area contributed by atoms with E-state index in [0.29, 0.717) is 12.4 Å². The molecule has 0 aromatic rings. The van der Waals surface area contributed by atoms with E-state index >= 15 is 0 Å². The van der Waals surface area contributed by atoms with Gasteiger partial charge in [0, 0.05) is 39.5 Å². The number of rotatable bonds is 3. The third-order valence-electron chi connectivity index (χ3n) is 5.71. The van der Waals surface area contributed by atoms with E-state index in [2.05, 4.69) is 32.9 Å². The molecule has 0 spiro atoms. The molecule has 0 radical (unpaired) electrons. The van der Waals surface area contributed by atoms with Crippen molar-refractivity contribution < 1.29 is 9.63 Å². The summed E-state index contributed by atoms with van der Waals surface area (Å²) in [5.74, 6) is 0.354. The molecule has 2 unspecified atom stereocenters. The second-order valence-corrected chi connectivity index (χ2v) is 8.96. The molecule has 2 rings (SSSR count). The van der Waals surface area contributed by atoms with Crippen LogP contribution in [0.15, 0.2) is 5.16 Å². The molecule has 25 heavy (non-hydrogen) atoms. The number of carbonyl (C=O) groups excluding carboxylic acids is 1. The van der Waals surface area contributed by atoms with Gasteiger partial charge < -0.3 is 19.5 Å². The van der Waals surface area contributed by atoms with Crippen LogP contribution < -0.4 is 0 Å². The molecule has 1 N–H and O–H groups in total. The number of guanidine groups is 1. The summed E-state index contributed by atoms with van der Waals surface area (Å²) in [6.45, 7) is 12.2. The van der Waals surface area contributed by atoms with Gasteiger partial charge in [0.2, 0.25) is 5.91 Å². The molecular weight excluding hydrogens is 318 g/mol. The van der Waals surface area contributed by atoms with Crippen LogP contribution in [0.25, 0.3) is 0 Å². The minimum Gasteiger partial charge on any atom is -0.390 e. The monoisotopic (exact) mass is 351 g/mol. The van der Waals surface area contributed by atoms with Crippen molar-refractivity contribution in [2.45, 2.75) is 77.1 Å². The Balaban J connectivity index is 2.37. The van der Waals surface area contributed by atoms with Crippen molar-refractivity contribution in [1.29, 1.82) is 5.41 Å². The molecule has 0 bridgehead atoms. The SMILES string of the molecule is CC1=NOC(C(C)(C)N2C(=O)C(C)(N(C)C(=N)N(C)C)CC2(C)C)C1. The molecule has 2 aliphatic rings. The quantitative estimate of drug-likeness (QED) is 0.624. The fourth-order valence-electron chi connectivity index (χ4n) is 4.37. The lowest BCUT2D eigenvalue weighted by Crippen LogP contribution is -2.62. The lowest BCUT2D eigenvalue weighted by atomic mass is 9.87. The van der Waals surface area contributed by atoms with Crippen molar-refractivity contribution in [1.82, 2.24) is 14.7 Å². The van der Waals surface area contributed by atoms with E-state index in [4.69, 9.17) is 10.2 Å². The number of oxime groups is 1. The largest absolute Gasteiger partial charge is 0.390 e.